The molecule has 0 saturated carbocycles. The maximum Gasteiger partial charge on any atom is 0.270 e. The molecule has 0 aliphatic heterocycles. The fourth-order valence-corrected chi connectivity index (χ4v) is 4.62. The minimum absolute atomic E-state index is 0.0112. The van der Waals surface area contributed by atoms with Gasteiger partial charge >= 0.3 is 0 Å². The molecule has 3 aromatic heterocycles. The molecule has 5 rings (SSSR count). The smallest absolute Gasteiger partial charge is 0.270 e. The van der Waals surface area contributed by atoms with Gasteiger partial charge in [0.1, 0.15) is 5.76 Å². The van der Waals surface area contributed by atoms with Crippen molar-refractivity contribution in [3.63, 3.8) is 0 Å². The van der Waals surface area contributed by atoms with Gasteiger partial charge in [0.25, 0.3) is 5.69 Å². The lowest BCUT2D eigenvalue weighted by Gasteiger charge is -2.08. The third-order valence-corrected chi connectivity index (χ3v) is 6.13. The summed E-state index contributed by atoms with van der Waals surface area (Å²) in [5, 5.41) is 33.0. The van der Waals surface area contributed by atoms with E-state index in [9.17, 15) is 25.1 Å². The first-order valence-corrected chi connectivity index (χ1v) is 10.6. The number of thiazole rings is 1. The number of nitro groups is 1. The molecule has 3 heterocycles. The molecule has 0 aliphatic rings. The minimum atomic E-state index is -0.613. The summed E-state index contributed by atoms with van der Waals surface area (Å²) in [5.41, 5.74) is 1.01. The molecule has 0 atom stereocenters. The Morgan fingerprint density at radius 1 is 1.12 bits per heavy atom. The van der Waals surface area contributed by atoms with E-state index in [4.69, 9.17) is 4.42 Å². The molecule has 0 bridgehead atoms. The zero-order valence-corrected chi connectivity index (χ0v) is 17.9. The van der Waals surface area contributed by atoms with Crippen LogP contribution in [0.25, 0.3) is 26.6 Å². The van der Waals surface area contributed by atoms with Crippen molar-refractivity contribution in [2.24, 2.45) is 0 Å². The molecule has 9 nitrogen and oxygen atoms in total. The molecule has 33 heavy (non-hydrogen) atoms. The number of hydrogen-bond acceptors (Lipinski definition) is 8. The van der Waals surface area contributed by atoms with Crippen LogP contribution in [-0.4, -0.2) is 30.5 Å². The Morgan fingerprint density at radius 2 is 1.88 bits per heavy atom. The third kappa shape index (κ3) is 3.33. The van der Waals surface area contributed by atoms with Crippen molar-refractivity contribution >= 4 is 33.0 Å². The molecule has 0 spiro atoms. The Hall–Kier alpha value is -4.44. The number of non-ortho nitro benzene ring substituents is 1. The lowest BCUT2D eigenvalue weighted by molar-refractivity contribution is -0.384. The molecule has 164 valence electrons. The van der Waals surface area contributed by atoms with Gasteiger partial charge in [-0.3, -0.25) is 19.5 Å². The van der Waals surface area contributed by atoms with Crippen molar-refractivity contribution in [1.29, 1.82) is 0 Å². The molecular formula is C23H15N3O6S. The summed E-state index contributed by atoms with van der Waals surface area (Å²) in [4.78, 5) is 28.4. The second-order valence-corrected chi connectivity index (χ2v) is 8.25. The van der Waals surface area contributed by atoms with E-state index < -0.39 is 22.3 Å². The molecule has 0 saturated heterocycles. The number of carbonyl (C=O) groups is 1. The van der Waals surface area contributed by atoms with E-state index >= 15 is 0 Å². The largest absolute Gasteiger partial charge is 0.503 e. The molecule has 0 radical (unpaired) electrons. The molecule has 0 amide bonds. The second-order valence-electron chi connectivity index (χ2n) is 7.24. The van der Waals surface area contributed by atoms with Gasteiger partial charge in [0.2, 0.25) is 11.7 Å². The SMILES string of the molecule is Cc1ccc(C(=O)c2c(O)c(O)n(-c3nc4ccc([N+](=O)[O-])cc4s3)c2-c2ccccc2)o1. The summed E-state index contributed by atoms with van der Waals surface area (Å²) in [7, 11) is 0. The number of fused-ring (bicyclic) bond motifs is 1. The van der Waals surface area contributed by atoms with Crippen LogP contribution in [0.4, 0.5) is 5.69 Å². The monoisotopic (exact) mass is 461 g/mol. The fraction of sp³-hybridized carbons (Fsp3) is 0.0435. The number of aromatic nitrogens is 2. The Morgan fingerprint density at radius 3 is 2.55 bits per heavy atom. The van der Waals surface area contributed by atoms with E-state index in [1.165, 1.54) is 28.8 Å². The lowest BCUT2D eigenvalue weighted by atomic mass is 10.0. The van der Waals surface area contributed by atoms with Gasteiger partial charge in [0.15, 0.2) is 16.6 Å². The molecule has 10 heteroatoms. The van der Waals surface area contributed by atoms with Gasteiger partial charge in [-0.05, 0) is 30.7 Å². The summed E-state index contributed by atoms with van der Waals surface area (Å²) in [5.74, 6) is -1.26. The van der Waals surface area contributed by atoms with Gasteiger partial charge in [-0.25, -0.2) is 4.98 Å². The minimum Gasteiger partial charge on any atom is -0.503 e. The van der Waals surface area contributed by atoms with Gasteiger partial charge in [0, 0.05) is 12.1 Å². The first kappa shape index (κ1) is 20.5. The number of nitro benzene ring substituents is 1. The topological polar surface area (TPSA) is 132 Å². The lowest BCUT2D eigenvalue weighted by Crippen LogP contribution is -2.04. The van der Waals surface area contributed by atoms with Crippen LogP contribution in [0.2, 0.25) is 0 Å². The van der Waals surface area contributed by atoms with Crippen LogP contribution in [0, 0.1) is 17.0 Å². The Balaban J connectivity index is 1.78. The summed E-state index contributed by atoms with van der Waals surface area (Å²) in [6, 6.07) is 16.1. The maximum absolute atomic E-state index is 13.3. The van der Waals surface area contributed by atoms with Crippen LogP contribution in [0.5, 0.6) is 11.6 Å². The maximum atomic E-state index is 13.3. The first-order chi connectivity index (χ1) is 15.8. The number of benzene rings is 2. The van der Waals surface area contributed by atoms with Gasteiger partial charge in [-0.15, -0.1) is 0 Å². The number of aromatic hydroxyl groups is 2. The van der Waals surface area contributed by atoms with Crippen molar-refractivity contribution in [2.75, 3.05) is 0 Å². The highest BCUT2D eigenvalue weighted by atomic mass is 32.1. The highest BCUT2D eigenvalue weighted by Crippen LogP contribution is 2.45. The quantitative estimate of drug-likeness (QED) is 0.209. The van der Waals surface area contributed by atoms with Gasteiger partial charge in [-0.1, -0.05) is 41.7 Å². The number of ketones is 1. The summed E-state index contributed by atoms with van der Waals surface area (Å²) in [6.45, 7) is 1.69. The predicted octanol–water partition coefficient (Wildman–Crippen LogP) is 5.21. The highest BCUT2D eigenvalue weighted by molar-refractivity contribution is 7.20. The predicted molar refractivity (Wildman–Crippen MR) is 121 cm³/mol. The molecule has 0 fully saturated rings. The normalized spacial score (nSPS) is 11.2. The van der Waals surface area contributed by atoms with E-state index in [-0.39, 0.29) is 27.8 Å². The molecule has 0 aliphatic carbocycles. The van der Waals surface area contributed by atoms with Crippen LogP contribution >= 0.6 is 11.3 Å². The Kier molecular flexibility index (Phi) is 4.72. The molecule has 2 aromatic carbocycles. The average molecular weight is 461 g/mol. The molecule has 2 N–H and O–H groups in total. The van der Waals surface area contributed by atoms with Crippen molar-refractivity contribution in [3.05, 3.63) is 87.9 Å². The summed E-state index contributed by atoms with van der Waals surface area (Å²) < 4.78 is 7.24. The third-order valence-electron chi connectivity index (χ3n) is 5.12. The van der Waals surface area contributed by atoms with Crippen LogP contribution in [-0.2, 0) is 0 Å². The summed E-state index contributed by atoms with van der Waals surface area (Å²) in [6.07, 6.45) is 0. The Bertz CT molecular complexity index is 1550. The van der Waals surface area contributed by atoms with E-state index in [1.807, 2.05) is 0 Å². The molecular weight excluding hydrogens is 446 g/mol. The average Bonchev–Trinajstić information content (AvgIpc) is 3.49. The van der Waals surface area contributed by atoms with Crippen molar-refractivity contribution in [1.82, 2.24) is 9.55 Å². The summed E-state index contributed by atoms with van der Waals surface area (Å²) >= 11 is 1.08. The number of furan rings is 1. The van der Waals surface area contributed by atoms with E-state index in [1.54, 1.807) is 43.3 Å². The van der Waals surface area contributed by atoms with Crippen molar-refractivity contribution < 1.29 is 24.3 Å². The van der Waals surface area contributed by atoms with E-state index in [0.717, 1.165) is 11.3 Å². The van der Waals surface area contributed by atoms with Crippen LogP contribution in [0.15, 0.2) is 65.1 Å². The Labute approximate surface area is 189 Å². The zero-order chi connectivity index (χ0) is 23.3. The fourth-order valence-electron chi connectivity index (χ4n) is 3.61. The molecule has 0 unspecified atom stereocenters. The van der Waals surface area contributed by atoms with Gasteiger partial charge < -0.3 is 14.6 Å². The van der Waals surface area contributed by atoms with E-state index in [2.05, 4.69) is 4.98 Å². The van der Waals surface area contributed by atoms with Crippen molar-refractivity contribution in [3.8, 4) is 28.0 Å². The number of aryl methyl sites for hydroxylation is 1. The van der Waals surface area contributed by atoms with Crippen LogP contribution < -0.4 is 0 Å². The first-order valence-electron chi connectivity index (χ1n) is 9.73. The highest BCUT2D eigenvalue weighted by Gasteiger charge is 2.32. The standard InChI is InChI=1S/C23H15N3O6S/c1-12-7-10-16(32-12)20(27)18-19(13-5-3-2-4-6-13)25(22(29)21(18)28)23-24-15-9-8-14(26(30)31)11-17(15)33-23/h2-11,28-29H,1H3. The van der Waals surface area contributed by atoms with E-state index in [0.29, 0.717) is 21.5 Å². The van der Waals surface area contributed by atoms with Crippen LogP contribution in [0.1, 0.15) is 21.9 Å². The molecule has 5 aromatic rings. The number of nitrogens with zero attached hydrogens (tertiary/aromatic N) is 3. The van der Waals surface area contributed by atoms with Gasteiger partial charge in [0.05, 0.1) is 26.4 Å². The zero-order valence-electron chi connectivity index (χ0n) is 17.1. The van der Waals surface area contributed by atoms with Gasteiger partial charge in [-0.2, -0.15) is 0 Å². The van der Waals surface area contributed by atoms with Crippen LogP contribution in [0.3, 0.4) is 0 Å². The second kappa shape index (κ2) is 7.61. The number of hydrogen-bond donors (Lipinski definition) is 2. The number of carbonyl (C=O) groups excluding carboxylic acids is 1. The number of rotatable bonds is 5. The van der Waals surface area contributed by atoms with Crippen molar-refractivity contribution in [2.45, 2.75) is 6.92 Å².